The van der Waals surface area contributed by atoms with Gasteiger partial charge in [-0.25, -0.2) is 13.9 Å². The molecule has 2 aliphatic heterocycles. The van der Waals surface area contributed by atoms with E-state index < -0.39 is 6.17 Å². The van der Waals surface area contributed by atoms with Gasteiger partial charge in [-0.05, 0) is 29.7 Å². The Labute approximate surface area is 199 Å². The van der Waals surface area contributed by atoms with E-state index in [0.29, 0.717) is 48.9 Å². The lowest BCUT2D eigenvalue weighted by Gasteiger charge is -2.30. The van der Waals surface area contributed by atoms with Crippen molar-refractivity contribution >= 4 is 28.4 Å². The van der Waals surface area contributed by atoms with Crippen LogP contribution in [0.3, 0.4) is 0 Å². The van der Waals surface area contributed by atoms with Crippen LogP contribution in [-0.4, -0.2) is 64.3 Å². The number of alkyl halides is 1. The second-order valence-electron chi connectivity index (χ2n) is 9.40. The third-order valence-corrected chi connectivity index (χ3v) is 7.44. The molecule has 2 N–H and O–H groups in total. The summed E-state index contributed by atoms with van der Waals surface area (Å²) in [7, 11) is 1.80. The Morgan fingerprint density at radius 3 is 3.06 bits per heavy atom. The van der Waals surface area contributed by atoms with Crippen molar-refractivity contribution in [1.82, 2.24) is 24.6 Å². The number of halogens is 1. The molecule has 0 radical (unpaired) electrons. The minimum atomic E-state index is -0.837. The first-order chi connectivity index (χ1) is 17.1. The Morgan fingerprint density at radius 2 is 2.26 bits per heavy atom. The third-order valence-electron chi connectivity index (χ3n) is 7.44. The second-order valence-corrected chi connectivity index (χ2v) is 9.40. The first kappa shape index (κ1) is 20.6. The number of carbonyl (C=O) groups excluding carboxylic acids is 1. The molecule has 4 aromatic heterocycles. The van der Waals surface area contributed by atoms with Gasteiger partial charge in [0.05, 0.1) is 42.3 Å². The molecule has 3 aliphatic rings. The van der Waals surface area contributed by atoms with Gasteiger partial charge in [0.15, 0.2) is 11.7 Å². The Kier molecular flexibility index (Phi) is 4.50. The fourth-order valence-corrected chi connectivity index (χ4v) is 5.30. The Balaban J connectivity index is 1.32. The molecule has 0 aromatic carbocycles. The number of hydrogen-bond donors (Lipinski definition) is 2. The number of nitrogens with zero attached hydrogens (tertiary/aromatic N) is 5. The molecule has 2 fully saturated rings. The van der Waals surface area contributed by atoms with Gasteiger partial charge < -0.3 is 20.2 Å². The van der Waals surface area contributed by atoms with Gasteiger partial charge in [-0.3, -0.25) is 4.79 Å². The van der Waals surface area contributed by atoms with Crippen molar-refractivity contribution in [2.24, 2.45) is 5.92 Å². The maximum Gasteiger partial charge on any atom is 0.329 e. The van der Waals surface area contributed by atoms with Crippen LogP contribution in [0.2, 0.25) is 0 Å². The Bertz CT molecular complexity index is 1480. The van der Waals surface area contributed by atoms with Crippen molar-refractivity contribution in [3.63, 3.8) is 0 Å². The molecule has 180 valence electrons. The Morgan fingerprint density at radius 1 is 1.34 bits per heavy atom. The number of rotatable bonds is 5. The maximum absolute atomic E-state index is 13.6. The van der Waals surface area contributed by atoms with E-state index in [0.717, 1.165) is 23.0 Å². The standard InChI is InChI=1S/C24H24FN7O3/c1-26-21-7-18(29-22-15(9-28-32(21)22)23(33)27-8-13-4-5-17(13)25)16-10-31-24-14(16)3-2-6-30(24)19-11-34-12-20(19)35-31/h2-3,6-7,9-10,13,17,19-20H,4-5,8,11-12H2,1H3,(H-,26,27,28,29,33)/p+1/t13?,17-,19+,20+/m0/s1. The number of amides is 1. The van der Waals surface area contributed by atoms with Crippen LogP contribution in [0.1, 0.15) is 29.2 Å². The predicted octanol–water partition coefficient (Wildman–Crippen LogP) is 1.54. The summed E-state index contributed by atoms with van der Waals surface area (Å²) in [6.45, 7) is 1.47. The largest absolute Gasteiger partial charge is 0.373 e. The van der Waals surface area contributed by atoms with E-state index in [1.54, 1.807) is 16.3 Å². The van der Waals surface area contributed by atoms with Crippen molar-refractivity contribution in [2.45, 2.75) is 31.2 Å². The minimum absolute atomic E-state index is 0.0497. The fraction of sp³-hybridized carbons (Fsp3) is 0.417. The Hall–Kier alpha value is -3.73. The molecule has 7 rings (SSSR count). The molecule has 1 amide bonds. The van der Waals surface area contributed by atoms with E-state index in [9.17, 15) is 9.18 Å². The highest BCUT2D eigenvalue weighted by Crippen LogP contribution is 2.33. The summed E-state index contributed by atoms with van der Waals surface area (Å²) in [5.74, 6) is 0.271. The normalized spacial score (nSPS) is 24.7. The first-order valence-corrected chi connectivity index (χ1v) is 11.9. The molecule has 10 nitrogen and oxygen atoms in total. The molecule has 1 saturated heterocycles. The highest BCUT2D eigenvalue weighted by Gasteiger charge is 2.43. The van der Waals surface area contributed by atoms with Crippen molar-refractivity contribution < 1.29 is 23.3 Å². The number of hydrogen-bond acceptors (Lipinski definition) is 6. The van der Waals surface area contributed by atoms with E-state index in [2.05, 4.69) is 26.5 Å². The van der Waals surface area contributed by atoms with Crippen LogP contribution in [0.5, 0.6) is 0 Å². The van der Waals surface area contributed by atoms with Crippen LogP contribution in [0.25, 0.3) is 27.9 Å². The predicted molar refractivity (Wildman–Crippen MR) is 124 cm³/mol. The lowest BCUT2D eigenvalue weighted by Crippen LogP contribution is -2.54. The van der Waals surface area contributed by atoms with Crippen LogP contribution in [0.4, 0.5) is 10.2 Å². The van der Waals surface area contributed by atoms with Gasteiger partial charge >= 0.3 is 5.65 Å². The fourth-order valence-electron chi connectivity index (χ4n) is 5.30. The van der Waals surface area contributed by atoms with Crippen LogP contribution >= 0.6 is 0 Å². The van der Waals surface area contributed by atoms with Crippen molar-refractivity contribution in [3.8, 4) is 11.3 Å². The topological polar surface area (TPSA) is 98.6 Å². The number of anilines is 1. The molecule has 0 spiro atoms. The number of carbonyl (C=O) groups is 1. The van der Waals surface area contributed by atoms with E-state index in [4.69, 9.17) is 14.6 Å². The zero-order chi connectivity index (χ0) is 23.7. The zero-order valence-corrected chi connectivity index (χ0v) is 19.1. The molecule has 1 saturated carbocycles. The minimum Gasteiger partial charge on any atom is -0.373 e. The average molecular weight is 479 g/mol. The molecular weight excluding hydrogens is 453 g/mol. The molecule has 35 heavy (non-hydrogen) atoms. The van der Waals surface area contributed by atoms with Crippen molar-refractivity contribution in [2.75, 3.05) is 32.1 Å². The van der Waals surface area contributed by atoms with Crippen LogP contribution in [-0.2, 0) is 4.74 Å². The number of fused-ring (bicyclic) bond motifs is 3. The second kappa shape index (κ2) is 7.64. The quantitative estimate of drug-likeness (QED) is 0.423. The molecule has 1 aliphatic carbocycles. The van der Waals surface area contributed by atoms with E-state index in [-0.39, 0.29) is 24.0 Å². The third kappa shape index (κ3) is 3.04. The average Bonchev–Trinajstić information content (AvgIpc) is 3.60. The van der Waals surface area contributed by atoms with Crippen molar-refractivity contribution in [3.05, 3.63) is 42.4 Å². The van der Waals surface area contributed by atoms with Crippen LogP contribution in [0.15, 0.2) is 36.8 Å². The molecule has 4 aromatic rings. The van der Waals surface area contributed by atoms with Gasteiger partial charge in [-0.1, -0.05) is 0 Å². The molecule has 1 unspecified atom stereocenters. The van der Waals surface area contributed by atoms with Gasteiger partial charge in [0.25, 0.3) is 5.91 Å². The molecule has 11 heteroatoms. The number of pyridine rings is 1. The number of nitrogens with one attached hydrogen (secondary N) is 2. The summed E-state index contributed by atoms with van der Waals surface area (Å²) in [5, 5.41) is 11.4. The smallest absolute Gasteiger partial charge is 0.329 e. The summed E-state index contributed by atoms with van der Waals surface area (Å²) >= 11 is 0. The van der Waals surface area contributed by atoms with Gasteiger partial charge in [0, 0.05) is 25.6 Å². The van der Waals surface area contributed by atoms with Gasteiger partial charge in [-0.15, -0.1) is 0 Å². The highest BCUT2D eigenvalue weighted by molar-refractivity contribution is 6.00. The first-order valence-electron chi connectivity index (χ1n) is 11.9. The molecular formula is C24H25FN7O3+. The van der Waals surface area contributed by atoms with E-state index in [1.165, 1.54) is 6.20 Å². The molecule has 0 bridgehead atoms. The summed E-state index contributed by atoms with van der Waals surface area (Å²) < 4.78 is 24.9. The number of aromatic nitrogens is 5. The van der Waals surface area contributed by atoms with E-state index >= 15 is 0 Å². The number of ether oxygens (including phenoxy) is 1. The van der Waals surface area contributed by atoms with Crippen LogP contribution in [0, 0.1) is 5.92 Å². The summed E-state index contributed by atoms with van der Waals surface area (Å²) in [6.07, 6.45) is 5.97. The van der Waals surface area contributed by atoms with Crippen molar-refractivity contribution in [1.29, 1.82) is 0 Å². The highest BCUT2D eigenvalue weighted by atomic mass is 19.1. The molecule has 4 atom stereocenters. The lowest BCUT2D eigenvalue weighted by atomic mass is 9.83. The lowest BCUT2D eigenvalue weighted by molar-refractivity contribution is -0.713. The summed E-state index contributed by atoms with van der Waals surface area (Å²) in [4.78, 5) is 24.0. The van der Waals surface area contributed by atoms with Gasteiger partial charge in [0.1, 0.15) is 23.7 Å². The van der Waals surface area contributed by atoms with E-state index in [1.807, 2.05) is 24.4 Å². The van der Waals surface area contributed by atoms with Gasteiger partial charge in [-0.2, -0.15) is 9.61 Å². The monoisotopic (exact) mass is 478 g/mol. The SMILES string of the molecule is CNc1cc(-c2cn3c4c2ccc[n+]4[C@@H]2COC[C@H]2O3)nc2c(C(=O)NCC3CC[C@@H]3F)cnn12. The molecule has 6 heterocycles. The van der Waals surface area contributed by atoms with Crippen LogP contribution < -0.4 is 20.0 Å². The van der Waals surface area contributed by atoms with Gasteiger partial charge in [0.2, 0.25) is 6.10 Å². The summed E-state index contributed by atoms with van der Waals surface area (Å²) in [5.41, 5.74) is 3.29. The maximum atomic E-state index is 13.6. The zero-order valence-electron chi connectivity index (χ0n) is 19.1. The summed E-state index contributed by atoms with van der Waals surface area (Å²) in [6, 6.07) is 6.09.